The molecule has 0 bridgehead atoms. The highest BCUT2D eigenvalue weighted by Gasteiger charge is 2.60. The van der Waals surface area contributed by atoms with Gasteiger partial charge in [0.15, 0.2) is 5.78 Å². The maximum atomic E-state index is 12.4. The van der Waals surface area contributed by atoms with Gasteiger partial charge < -0.3 is 10.2 Å². The number of fused-ring (bicyclic) bond motifs is 5. The van der Waals surface area contributed by atoms with Gasteiger partial charge in [0.05, 0.1) is 6.10 Å². The molecule has 0 aromatic heterocycles. The van der Waals surface area contributed by atoms with Crippen molar-refractivity contribution in [2.45, 2.75) is 71.0 Å². The molecular formula is C19H28O3. The number of ketones is 1. The van der Waals surface area contributed by atoms with Gasteiger partial charge in [0.1, 0.15) is 6.10 Å². The first kappa shape index (κ1) is 14.9. The Balaban J connectivity index is 1.70. The molecule has 0 radical (unpaired) electrons. The molecule has 0 aromatic rings. The van der Waals surface area contributed by atoms with Crippen molar-refractivity contribution in [1.82, 2.24) is 0 Å². The zero-order valence-corrected chi connectivity index (χ0v) is 13.7. The molecule has 0 unspecified atom stereocenters. The van der Waals surface area contributed by atoms with Crippen molar-refractivity contribution in [2.75, 3.05) is 0 Å². The minimum atomic E-state index is -0.736. The van der Waals surface area contributed by atoms with Crippen molar-refractivity contribution >= 4 is 5.78 Å². The van der Waals surface area contributed by atoms with Gasteiger partial charge in [0, 0.05) is 5.41 Å². The average molecular weight is 304 g/mol. The number of rotatable bonds is 0. The van der Waals surface area contributed by atoms with E-state index in [4.69, 9.17) is 0 Å². The van der Waals surface area contributed by atoms with E-state index in [2.05, 4.69) is 19.9 Å². The van der Waals surface area contributed by atoms with E-state index in [1.807, 2.05) is 0 Å². The lowest BCUT2D eigenvalue weighted by atomic mass is 9.48. The summed E-state index contributed by atoms with van der Waals surface area (Å²) in [6, 6.07) is 0. The minimum Gasteiger partial charge on any atom is -0.393 e. The van der Waals surface area contributed by atoms with E-state index < -0.39 is 6.10 Å². The standard InChI is InChI=1S/C19H28O3/c1-18-7-5-12(20)9-11(18)3-4-13-14(18)6-8-19(2)15(13)10-16(21)17(19)22/h3,12-16,20-21H,4-10H2,1-2H3/t12-,13+,14-,15+,16-,18-,19-/m0/s1. The van der Waals surface area contributed by atoms with Crippen LogP contribution in [0.3, 0.4) is 0 Å². The van der Waals surface area contributed by atoms with Crippen LogP contribution >= 0.6 is 0 Å². The highest BCUT2D eigenvalue weighted by atomic mass is 16.3. The fourth-order valence-electron chi connectivity index (χ4n) is 6.43. The molecule has 3 nitrogen and oxygen atoms in total. The first-order chi connectivity index (χ1) is 10.4. The number of hydrogen-bond acceptors (Lipinski definition) is 3. The van der Waals surface area contributed by atoms with Gasteiger partial charge in [0.25, 0.3) is 0 Å². The van der Waals surface area contributed by atoms with Gasteiger partial charge in [-0.15, -0.1) is 0 Å². The molecule has 0 amide bonds. The molecule has 0 aromatic carbocycles. The van der Waals surface area contributed by atoms with Crippen molar-refractivity contribution in [3.05, 3.63) is 11.6 Å². The Morgan fingerprint density at radius 3 is 2.59 bits per heavy atom. The number of allylic oxidation sites excluding steroid dienone is 1. The van der Waals surface area contributed by atoms with Crippen LogP contribution in [0.25, 0.3) is 0 Å². The molecule has 0 aliphatic heterocycles. The van der Waals surface area contributed by atoms with Crippen LogP contribution in [-0.4, -0.2) is 28.2 Å². The molecule has 22 heavy (non-hydrogen) atoms. The molecule has 4 rings (SSSR count). The van der Waals surface area contributed by atoms with Crippen LogP contribution in [0.4, 0.5) is 0 Å². The van der Waals surface area contributed by atoms with E-state index in [-0.39, 0.29) is 22.7 Å². The maximum Gasteiger partial charge on any atom is 0.167 e. The normalized spacial score (nSPS) is 54.3. The van der Waals surface area contributed by atoms with E-state index in [0.29, 0.717) is 24.2 Å². The third-order valence-electron chi connectivity index (χ3n) is 7.81. The molecule has 7 atom stereocenters. The lowest BCUT2D eigenvalue weighted by Crippen LogP contribution is -2.50. The first-order valence-corrected chi connectivity index (χ1v) is 8.96. The fourth-order valence-corrected chi connectivity index (χ4v) is 6.43. The van der Waals surface area contributed by atoms with E-state index in [0.717, 1.165) is 38.5 Å². The monoisotopic (exact) mass is 304 g/mol. The van der Waals surface area contributed by atoms with E-state index in [1.54, 1.807) is 0 Å². The van der Waals surface area contributed by atoms with Crippen LogP contribution in [0.5, 0.6) is 0 Å². The van der Waals surface area contributed by atoms with Crippen LogP contribution in [0.1, 0.15) is 58.8 Å². The topological polar surface area (TPSA) is 57.5 Å². The Morgan fingerprint density at radius 2 is 1.82 bits per heavy atom. The summed E-state index contributed by atoms with van der Waals surface area (Å²) in [6.45, 7) is 4.48. The molecule has 0 spiro atoms. The third kappa shape index (κ3) is 1.78. The SMILES string of the molecule is C[C@]12CC[C@H](O)CC1=CC[C@H]1[C@H]3C[C@H](O)C(=O)[C@@]3(C)CC[C@@H]12. The minimum absolute atomic E-state index is 0.0925. The fraction of sp³-hybridized carbons (Fsp3) is 0.842. The Bertz CT molecular complexity index is 539. The summed E-state index contributed by atoms with van der Waals surface area (Å²) in [7, 11) is 0. The number of hydrogen-bond donors (Lipinski definition) is 2. The van der Waals surface area contributed by atoms with Crippen molar-refractivity contribution in [3.8, 4) is 0 Å². The van der Waals surface area contributed by atoms with E-state index in [9.17, 15) is 15.0 Å². The van der Waals surface area contributed by atoms with Gasteiger partial charge in [-0.3, -0.25) is 4.79 Å². The quantitative estimate of drug-likeness (QED) is 0.677. The summed E-state index contributed by atoms with van der Waals surface area (Å²) < 4.78 is 0. The molecule has 3 heteroatoms. The lowest BCUT2D eigenvalue weighted by Gasteiger charge is -2.56. The molecule has 2 N–H and O–H groups in total. The summed E-state index contributed by atoms with van der Waals surface area (Å²) in [4.78, 5) is 12.4. The number of Topliss-reactive ketones (excluding diaryl/α,β-unsaturated/α-hetero) is 1. The molecule has 3 saturated carbocycles. The van der Waals surface area contributed by atoms with E-state index in [1.165, 1.54) is 5.57 Å². The van der Waals surface area contributed by atoms with Crippen LogP contribution in [-0.2, 0) is 4.79 Å². The van der Waals surface area contributed by atoms with Gasteiger partial charge in [0.2, 0.25) is 0 Å². The molecule has 4 aliphatic carbocycles. The smallest absolute Gasteiger partial charge is 0.167 e. The first-order valence-electron chi connectivity index (χ1n) is 8.96. The largest absolute Gasteiger partial charge is 0.393 e. The zero-order valence-electron chi connectivity index (χ0n) is 13.7. The Hall–Kier alpha value is -0.670. The van der Waals surface area contributed by atoms with Gasteiger partial charge in [-0.1, -0.05) is 25.5 Å². The summed E-state index contributed by atoms with van der Waals surface area (Å²) in [6.07, 6.45) is 8.00. The van der Waals surface area contributed by atoms with Crippen molar-refractivity contribution in [3.63, 3.8) is 0 Å². The predicted octanol–water partition coefficient (Wildman–Crippen LogP) is 2.85. The van der Waals surface area contributed by atoms with Crippen molar-refractivity contribution < 1.29 is 15.0 Å². The number of carbonyl (C=O) groups excluding carboxylic acids is 1. The summed E-state index contributed by atoms with van der Waals surface area (Å²) in [5.41, 5.74) is 1.37. The lowest BCUT2D eigenvalue weighted by molar-refractivity contribution is -0.136. The van der Waals surface area contributed by atoms with Crippen LogP contribution < -0.4 is 0 Å². The van der Waals surface area contributed by atoms with Crippen LogP contribution in [0.2, 0.25) is 0 Å². The Labute approximate surface area is 132 Å². The van der Waals surface area contributed by atoms with Gasteiger partial charge in [-0.25, -0.2) is 0 Å². The number of aliphatic hydroxyl groups is 2. The highest BCUT2D eigenvalue weighted by Crippen LogP contribution is 2.63. The maximum absolute atomic E-state index is 12.4. The average Bonchev–Trinajstić information content (AvgIpc) is 2.72. The van der Waals surface area contributed by atoms with Crippen molar-refractivity contribution in [2.24, 2.45) is 28.6 Å². The molecule has 0 heterocycles. The van der Waals surface area contributed by atoms with E-state index >= 15 is 0 Å². The van der Waals surface area contributed by atoms with Gasteiger partial charge in [-0.2, -0.15) is 0 Å². The van der Waals surface area contributed by atoms with Crippen LogP contribution in [0, 0.1) is 28.6 Å². The van der Waals surface area contributed by atoms with Crippen molar-refractivity contribution in [1.29, 1.82) is 0 Å². The zero-order chi connectivity index (χ0) is 15.7. The molecular weight excluding hydrogens is 276 g/mol. The Kier molecular flexibility index (Phi) is 3.16. The second-order valence-corrected chi connectivity index (χ2v) is 8.73. The second kappa shape index (κ2) is 4.67. The van der Waals surface area contributed by atoms with Crippen LogP contribution in [0.15, 0.2) is 11.6 Å². The second-order valence-electron chi connectivity index (χ2n) is 8.73. The Morgan fingerprint density at radius 1 is 1.09 bits per heavy atom. The summed E-state index contributed by atoms with van der Waals surface area (Å²) in [5, 5.41) is 20.1. The molecule has 0 saturated heterocycles. The number of carbonyl (C=O) groups is 1. The summed E-state index contributed by atoms with van der Waals surface area (Å²) in [5.74, 6) is 1.59. The predicted molar refractivity (Wildman–Crippen MR) is 84.1 cm³/mol. The highest BCUT2D eigenvalue weighted by molar-refractivity contribution is 5.91. The molecule has 122 valence electrons. The number of aliphatic hydroxyl groups excluding tert-OH is 2. The van der Waals surface area contributed by atoms with Gasteiger partial charge in [-0.05, 0) is 68.1 Å². The third-order valence-corrected chi connectivity index (χ3v) is 7.81. The van der Waals surface area contributed by atoms with Gasteiger partial charge >= 0.3 is 0 Å². The molecule has 3 fully saturated rings. The molecule has 4 aliphatic rings. The summed E-state index contributed by atoms with van der Waals surface area (Å²) >= 11 is 0.